The van der Waals surface area contributed by atoms with Gasteiger partial charge in [0.25, 0.3) is 5.91 Å². The Morgan fingerprint density at radius 2 is 2.08 bits per heavy atom. The number of pyridine rings is 1. The number of fused-ring (bicyclic) bond motifs is 1. The van der Waals surface area contributed by atoms with Gasteiger partial charge in [-0.2, -0.15) is 18.3 Å². The Bertz CT molecular complexity index is 902. The predicted molar refractivity (Wildman–Crippen MR) is 81.5 cm³/mol. The number of amides is 1. The molecule has 3 rings (SSSR count). The molecule has 0 radical (unpaired) electrons. The summed E-state index contributed by atoms with van der Waals surface area (Å²) in [5, 5.41) is 7.33. The molecule has 2 aromatic heterocycles. The first kappa shape index (κ1) is 16.0. The fourth-order valence-corrected chi connectivity index (χ4v) is 2.41. The fourth-order valence-electron chi connectivity index (χ4n) is 2.41. The molecule has 0 saturated carbocycles. The van der Waals surface area contributed by atoms with Crippen molar-refractivity contribution in [2.45, 2.75) is 12.7 Å². The van der Waals surface area contributed by atoms with Crippen molar-refractivity contribution in [3.05, 3.63) is 59.5 Å². The second kappa shape index (κ2) is 5.95. The van der Waals surface area contributed by atoms with Crippen LogP contribution in [-0.4, -0.2) is 27.7 Å². The summed E-state index contributed by atoms with van der Waals surface area (Å²) >= 11 is 0. The maximum absolute atomic E-state index is 12.8. The van der Waals surface area contributed by atoms with E-state index in [0.29, 0.717) is 16.5 Å². The lowest BCUT2D eigenvalue weighted by atomic mass is 10.1. The number of hydrogen-bond acceptors (Lipinski definition) is 3. The molecule has 24 heavy (non-hydrogen) atoms. The van der Waals surface area contributed by atoms with Crippen molar-refractivity contribution in [3.8, 4) is 0 Å². The standard InChI is InChI=1S/C16H13F3N4O/c1-20-15(24)14-12-9-23(22-13(12)5-6-21-14)8-10-3-2-4-11(7-10)16(17,18)19/h2-7,9H,8H2,1H3,(H,20,24). The molecule has 1 amide bonds. The van der Waals surface area contributed by atoms with Gasteiger partial charge in [-0.15, -0.1) is 0 Å². The number of nitrogens with one attached hydrogen (secondary N) is 1. The molecule has 3 aromatic rings. The highest BCUT2D eigenvalue weighted by Gasteiger charge is 2.30. The van der Waals surface area contributed by atoms with Gasteiger partial charge in [-0.05, 0) is 23.8 Å². The third-order valence-electron chi connectivity index (χ3n) is 3.52. The first-order chi connectivity index (χ1) is 11.4. The molecule has 0 aliphatic heterocycles. The second-order valence-corrected chi connectivity index (χ2v) is 5.20. The SMILES string of the molecule is CNC(=O)c1nccc2nn(Cc3cccc(C(F)(F)F)c3)cc12. The average molecular weight is 334 g/mol. The van der Waals surface area contributed by atoms with E-state index in [1.165, 1.54) is 24.0 Å². The van der Waals surface area contributed by atoms with E-state index in [2.05, 4.69) is 15.4 Å². The number of benzene rings is 1. The highest BCUT2D eigenvalue weighted by Crippen LogP contribution is 2.29. The molecule has 0 fully saturated rings. The van der Waals surface area contributed by atoms with Gasteiger partial charge in [0.1, 0.15) is 5.69 Å². The maximum Gasteiger partial charge on any atom is 0.416 e. The average Bonchev–Trinajstić information content (AvgIpc) is 2.95. The first-order valence-corrected chi connectivity index (χ1v) is 7.09. The zero-order valence-electron chi connectivity index (χ0n) is 12.6. The van der Waals surface area contributed by atoms with Crippen molar-refractivity contribution >= 4 is 16.8 Å². The monoisotopic (exact) mass is 334 g/mol. The predicted octanol–water partition coefficient (Wildman–Crippen LogP) is 2.86. The summed E-state index contributed by atoms with van der Waals surface area (Å²) in [6, 6.07) is 6.71. The van der Waals surface area contributed by atoms with E-state index in [1.54, 1.807) is 18.3 Å². The summed E-state index contributed by atoms with van der Waals surface area (Å²) in [5.74, 6) is -0.348. The van der Waals surface area contributed by atoms with E-state index in [9.17, 15) is 18.0 Å². The number of alkyl halides is 3. The van der Waals surface area contributed by atoms with Gasteiger partial charge >= 0.3 is 6.18 Å². The molecule has 1 aromatic carbocycles. The van der Waals surface area contributed by atoms with Crippen LogP contribution in [0.5, 0.6) is 0 Å². The minimum absolute atomic E-state index is 0.159. The highest BCUT2D eigenvalue weighted by atomic mass is 19.4. The van der Waals surface area contributed by atoms with Gasteiger partial charge in [-0.25, -0.2) is 0 Å². The van der Waals surface area contributed by atoms with Crippen LogP contribution in [0.2, 0.25) is 0 Å². The van der Waals surface area contributed by atoms with E-state index >= 15 is 0 Å². The quantitative estimate of drug-likeness (QED) is 0.801. The lowest BCUT2D eigenvalue weighted by Crippen LogP contribution is -2.19. The molecule has 0 atom stereocenters. The van der Waals surface area contributed by atoms with E-state index in [0.717, 1.165) is 12.1 Å². The summed E-state index contributed by atoms with van der Waals surface area (Å²) in [6.07, 6.45) is -1.32. The Hall–Kier alpha value is -2.90. The van der Waals surface area contributed by atoms with Crippen molar-refractivity contribution in [3.63, 3.8) is 0 Å². The molecule has 124 valence electrons. The Morgan fingerprint density at radius 1 is 1.29 bits per heavy atom. The van der Waals surface area contributed by atoms with E-state index < -0.39 is 11.7 Å². The van der Waals surface area contributed by atoms with Crippen molar-refractivity contribution in [2.24, 2.45) is 0 Å². The van der Waals surface area contributed by atoms with Crippen LogP contribution in [0.3, 0.4) is 0 Å². The van der Waals surface area contributed by atoms with Crippen LogP contribution in [-0.2, 0) is 12.7 Å². The third kappa shape index (κ3) is 3.08. The molecular weight excluding hydrogens is 321 g/mol. The van der Waals surface area contributed by atoms with Crippen LogP contribution in [0.4, 0.5) is 13.2 Å². The van der Waals surface area contributed by atoms with Crippen LogP contribution in [0.15, 0.2) is 42.7 Å². The van der Waals surface area contributed by atoms with Crippen molar-refractivity contribution < 1.29 is 18.0 Å². The molecule has 8 heteroatoms. The molecular formula is C16H13F3N4O. The Labute approximate surface area is 135 Å². The van der Waals surface area contributed by atoms with Crippen molar-refractivity contribution in [1.29, 1.82) is 0 Å². The topological polar surface area (TPSA) is 59.8 Å². The van der Waals surface area contributed by atoms with E-state index in [1.807, 2.05) is 0 Å². The number of carbonyl (C=O) groups excluding carboxylic acids is 1. The van der Waals surface area contributed by atoms with E-state index in [-0.39, 0.29) is 18.1 Å². The van der Waals surface area contributed by atoms with Crippen molar-refractivity contribution in [2.75, 3.05) is 7.05 Å². The van der Waals surface area contributed by atoms with Crippen LogP contribution in [0.1, 0.15) is 21.6 Å². The van der Waals surface area contributed by atoms with Crippen LogP contribution >= 0.6 is 0 Å². The zero-order chi connectivity index (χ0) is 17.3. The number of rotatable bonds is 3. The minimum Gasteiger partial charge on any atom is -0.354 e. The van der Waals surface area contributed by atoms with Gasteiger partial charge in [-0.1, -0.05) is 12.1 Å². The maximum atomic E-state index is 12.8. The van der Waals surface area contributed by atoms with Crippen LogP contribution < -0.4 is 5.32 Å². The van der Waals surface area contributed by atoms with Gasteiger partial charge in [0.15, 0.2) is 0 Å². The number of nitrogens with zero attached hydrogens (tertiary/aromatic N) is 3. The zero-order valence-corrected chi connectivity index (χ0v) is 12.6. The van der Waals surface area contributed by atoms with Gasteiger partial charge < -0.3 is 5.32 Å². The molecule has 0 spiro atoms. The molecule has 5 nitrogen and oxygen atoms in total. The largest absolute Gasteiger partial charge is 0.416 e. The Morgan fingerprint density at radius 3 is 2.79 bits per heavy atom. The molecule has 1 N–H and O–H groups in total. The summed E-state index contributed by atoms with van der Waals surface area (Å²) in [4.78, 5) is 15.8. The van der Waals surface area contributed by atoms with Crippen molar-refractivity contribution in [1.82, 2.24) is 20.1 Å². The minimum atomic E-state index is -4.39. The molecule has 0 unspecified atom stereocenters. The van der Waals surface area contributed by atoms with Gasteiger partial charge in [0, 0.05) is 19.4 Å². The van der Waals surface area contributed by atoms with Gasteiger partial charge in [0.05, 0.1) is 23.0 Å². The van der Waals surface area contributed by atoms with Crippen LogP contribution in [0, 0.1) is 0 Å². The number of aromatic nitrogens is 3. The second-order valence-electron chi connectivity index (χ2n) is 5.20. The Kier molecular flexibility index (Phi) is 3.96. The first-order valence-electron chi connectivity index (χ1n) is 7.09. The lowest BCUT2D eigenvalue weighted by Gasteiger charge is -2.08. The molecule has 0 aliphatic carbocycles. The normalized spacial score (nSPS) is 11.7. The number of halogens is 3. The summed E-state index contributed by atoms with van der Waals surface area (Å²) in [7, 11) is 1.50. The van der Waals surface area contributed by atoms with Crippen LogP contribution in [0.25, 0.3) is 10.9 Å². The third-order valence-corrected chi connectivity index (χ3v) is 3.52. The number of carbonyl (C=O) groups is 1. The Balaban J connectivity index is 1.95. The lowest BCUT2D eigenvalue weighted by molar-refractivity contribution is -0.137. The molecule has 2 heterocycles. The summed E-state index contributed by atoms with van der Waals surface area (Å²) in [6.45, 7) is 0.159. The fraction of sp³-hybridized carbons (Fsp3) is 0.188. The van der Waals surface area contributed by atoms with Gasteiger partial charge in [-0.3, -0.25) is 14.5 Å². The molecule has 0 saturated heterocycles. The summed E-state index contributed by atoms with van der Waals surface area (Å²) in [5.41, 5.74) is 0.539. The molecule has 0 bridgehead atoms. The summed E-state index contributed by atoms with van der Waals surface area (Å²) < 4.78 is 39.8. The highest BCUT2D eigenvalue weighted by molar-refractivity contribution is 6.03. The van der Waals surface area contributed by atoms with E-state index in [4.69, 9.17) is 0 Å². The number of hydrogen-bond donors (Lipinski definition) is 1. The van der Waals surface area contributed by atoms with Gasteiger partial charge in [0.2, 0.25) is 0 Å². The smallest absolute Gasteiger partial charge is 0.354 e. The molecule has 0 aliphatic rings.